The fraction of sp³-hybridized carbons (Fsp3) is 0.476. The quantitative estimate of drug-likeness (QED) is 0.622. The molecule has 0 radical (unpaired) electrons. The van der Waals surface area contributed by atoms with Crippen LogP contribution >= 0.6 is 36.6 Å². The van der Waals surface area contributed by atoms with Gasteiger partial charge in [0.25, 0.3) is 0 Å². The average molecular weight is 444 g/mol. The number of hydrogen-bond donors (Lipinski definition) is 1. The monoisotopic (exact) mass is 443 g/mol. The second-order valence-electron chi connectivity index (χ2n) is 7.16. The number of carbonyl (C=O) groups is 1. The van der Waals surface area contributed by atoms with Crippen LogP contribution in [0.25, 0.3) is 10.8 Å². The fourth-order valence-electron chi connectivity index (χ4n) is 3.42. The van der Waals surface area contributed by atoms with Crippen molar-refractivity contribution in [3.05, 3.63) is 48.0 Å². The van der Waals surface area contributed by atoms with Gasteiger partial charge in [0.2, 0.25) is 5.91 Å². The lowest BCUT2D eigenvalue weighted by Crippen LogP contribution is -2.42. The van der Waals surface area contributed by atoms with Crippen molar-refractivity contribution in [3.8, 4) is 0 Å². The van der Waals surface area contributed by atoms with Crippen molar-refractivity contribution < 1.29 is 4.79 Å². The fourth-order valence-corrected chi connectivity index (χ4v) is 4.37. The summed E-state index contributed by atoms with van der Waals surface area (Å²) in [5.74, 6) is 1.97. The van der Waals surface area contributed by atoms with E-state index in [2.05, 4.69) is 54.4 Å². The summed E-state index contributed by atoms with van der Waals surface area (Å²) in [5.41, 5.74) is 7.41. The van der Waals surface area contributed by atoms with E-state index in [0.29, 0.717) is 0 Å². The summed E-state index contributed by atoms with van der Waals surface area (Å²) in [6.45, 7) is 2.82. The molecule has 28 heavy (non-hydrogen) atoms. The molecule has 0 saturated carbocycles. The van der Waals surface area contributed by atoms with Gasteiger partial charge in [0.1, 0.15) is 0 Å². The van der Waals surface area contributed by atoms with Crippen LogP contribution in [0.1, 0.15) is 24.8 Å². The van der Waals surface area contributed by atoms with E-state index in [1.807, 2.05) is 4.90 Å². The summed E-state index contributed by atoms with van der Waals surface area (Å²) in [6.07, 6.45) is 2.85. The van der Waals surface area contributed by atoms with E-state index in [9.17, 15) is 4.79 Å². The molecule has 7 heteroatoms. The van der Waals surface area contributed by atoms with E-state index < -0.39 is 0 Å². The van der Waals surface area contributed by atoms with Crippen molar-refractivity contribution in [3.63, 3.8) is 0 Å². The van der Waals surface area contributed by atoms with E-state index in [4.69, 9.17) is 5.73 Å². The van der Waals surface area contributed by atoms with Gasteiger partial charge in [-0.3, -0.25) is 4.79 Å². The highest BCUT2D eigenvalue weighted by molar-refractivity contribution is 7.99. The van der Waals surface area contributed by atoms with Crippen molar-refractivity contribution in [1.82, 2.24) is 9.80 Å². The van der Waals surface area contributed by atoms with Crippen LogP contribution in [-0.2, 0) is 11.3 Å². The SMILES string of the molecule is CN(CCCC[C@H](N)C(=O)N1CCSC1)Cc1ccc2ccccc2c1.Cl.Cl. The van der Waals surface area contributed by atoms with Crippen LogP contribution in [0.3, 0.4) is 0 Å². The van der Waals surface area contributed by atoms with Gasteiger partial charge in [-0.25, -0.2) is 0 Å². The number of hydrogen-bond acceptors (Lipinski definition) is 4. The van der Waals surface area contributed by atoms with E-state index in [1.54, 1.807) is 11.8 Å². The molecule has 2 aromatic rings. The van der Waals surface area contributed by atoms with Gasteiger partial charge in [-0.1, -0.05) is 42.8 Å². The molecule has 0 aromatic heterocycles. The van der Waals surface area contributed by atoms with Gasteiger partial charge in [-0.2, -0.15) is 0 Å². The summed E-state index contributed by atoms with van der Waals surface area (Å²) in [7, 11) is 2.15. The number of amides is 1. The highest BCUT2D eigenvalue weighted by Crippen LogP contribution is 2.17. The number of halogens is 2. The molecule has 0 bridgehead atoms. The minimum absolute atomic E-state index is 0. The number of unbranched alkanes of at least 4 members (excludes halogenated alkanes) is 1. The zero-order valence-electron chi connectivity index (χ0n) is 16.4. The summed E-state index contributed by atoms with van der Waals surface area (Å²) in [5, 5.41) is 2.58. The Bertz CT molecular complexity index is 740. The third-order valence-electron chi connectivity index (χ3n) is 4.95. The molecule has 1 heterocycles. The van der Waals surface area contributed by atoms with Crippen LogP contribution < -0.4 is 5.73 Å². The number of rotatable bonds is 8. The Labute approximate surface area is 185 Å². The average Bonchev–Trinajstić information content (AvgIpc) is 3.19. The molecule has 0 unspecified atom stereocenters. The topological polar surface area (TPSA) is 49.6 Å². The molecule has 1 aliphatic rings. The second kappa shape index (κ2) is 12.6. The molecular weight excluding hydrogens is 413 g/mol. The maximum absolute atomic E-state index is 12.2. The first-order valence-corrected chi connectivity index (χ1v) is 10.6. The maximum atomic E-state index is 12.2. The lowest BCUT2D eigenvalue weighted by atomic mass is 10.1. The van der Waals surface area contributed by atoms with Crippen LogP contribution in [0.2, 0.25) is 0 Å². The summed E-state index contributed by atoms with van der Waals surface area (Å²) < 4.78 is 0. The summed E-state index contributed by atoms with van der Waals surface area (Å²) >= 11 is 1.80. The third kappa shape index (κ3) is 7.12. The van der Waals surface area contributed by atoms with E-state index >= 15 is 0 Å². The second-order valence-corrected chi connectivity index (χ2v) is 8.24. The minimum Gasteiger partial charge on any atom is -0.331 e. The summed E-state index contributed by atoms with van der Waals surface area (Å²) in [4.78, 5) is 16.4. The van der Waals surface area contributed by atoms with Crippen molar-refractivity contribution in [2.24, 2.45) is 5.73 Å². The zero-order valence-corrected chi connectivity index (χ0v) is 18.8. The molecule has 4 nitrogen and oxygen atoms in total. The Morgan fingerprint density at radius 2 is 1.93 bits per heavy atom. The van der Waals surface area contributed by atoms with Crippen molar-refractivity contribution >= 4 is 53.3 Å². The molecule has 1 saturated heterocycles. The van der Waals surface area contributed by atoms with Gasteiger partial charge >= 0.3 is 0 Å². The van der Waals surface area contributed by atoms with Crippen LogP contribution in [0.4, 0.5) is 0 Å². The molecule has 0 aliphatic carbocycles. The predicted octanol–water partition coefficient (Wildman–Crippen LogP) is 4.15. The first-order chi connectivity index (χ1) is 12.6. The first-order valence-electron chi connectivity index (χ1n) is 9.42. The zero-order chi connectivity index (χ0) is 18.4. The molecule has 1 fully saturated rings. The van der Waals surface area contributed by atoms with Gasteiger partial charge in [0.05, 0.1) is 11.9 Å². The third-order valence-corrected chi connectivity index (χ3v) is 5.92. The maximum Gasteiger partial charge on any atom is 0.240 e. The van der Waals surface area contributed by atoms with Gasteiger partial charge in [-0.05, 0) is 48.8 Å². The molecule has 3 rings (SSSR count). The molecule has 156 valence electrons. The van der Waals surface area contributed by atoms with Crippen molar-refractivity contribution in [1.29, 1.82) is 0 Å². The van der Waals surface area contributed by atoms with Crippen LogP contribution in [0.5, 0.6) is 0 Å². The Balaban J connectivity index is 0.00000196. The molecule has 2 N–H and O–H groups in total. The molecule has 1 atom stereocenters. The number of nitrogens with zero attached hydrogens (tertiary/aromatic N) is 2. The first kappa shape index (κ1) is 25.1. The Kier molecular flexibility index (Phi) is 11.2. The van der Waals surface area contributed by atoms with Crippen LogP contribution in [0.15, 0.2) is 42.5 Å². The molecule has 2 aromatic carbocycles. The Morgan fingerprint density at radius 3 is 2.64 bits per heavy atom. The van der Waals surface area contributed by atoms with Crippen LogP contribution in [0, 0.1) is 0 Å². The van der Waals surface area contributed by atoms with Gasteiger partial charge < -0.3 is 15.5 Å². The largest absolute Gasteiger partial charge is 0.331 e. The van der Waals surface area contributed by atoms with Crippen molar-refractivity contribution in [2.45, 2.75) is 31.8 Å². The van der Waals surface area contributed by atoms with E-state index in [1.165, 1.54) is 16.3 Å². The number of fused-ring (bicyclic) bond motifs is 1. The lowest BCUT2D eigenvalue weighted by molar-refractivity contribution is -0.131. The predicted molar refractivity (Wildman–Crippen MR) is 126 cm³/mol. The molecule has 1 aliphatic heterocycles. The minimum atomic E-state index is -0.334. The molecule has 0 spiro atoms. The molecular formula is C21H31Cl2N3OS. The van der Waals surface area contributed by atoms with Gasteiger partial charge in [0.15, 0.2) is 0 Å². The van der Waals surface area contributed by atoms with Crippen LogP contribution in [-0.4, -0.2) is 53.5 Å². The normalized spacial score (nSPS) is 14.6. The van der Waals surface area contributed by atoms with E-state index in [0.717, 1.165) is 50.5 Å². The Morgan fingerprint density at radius 1 is 1.18 bits per heavy atom. The Hall–Kier alpha value is -0.980. The lowest BCUT2D eigenvalue weighted by Gasteiger charge is -2.20. The smallest absolute Gasteiger partial charge is 0.240 e. The number of carbonyl (C=O) groups excluding carboxylic acids is 1. The van der Waals surface area contributed by atoms with Crippen molar-refractivity contribution in [2.75, 3.05) is 31.8 Å². The number of thioether (sulfide) groups is 1. The van der Waals surface area contributed by atoms with Gasteiger partial charge in [-0.15, -0.1) is 36.6 Å². The van der Waals surface area contributed by atoms with E-state index in [-0.39, 0.29) is 36.8 Å². The van der Waals surface area contributed by atoms with Gasteiger partial charge in [0, 0.05) is 18.8 Å². The number of benzene rings is 2. The summed E-state index contributed by atoms with van der Waals surface area (Å²) in [6, 6.07) is 14.8. The highest BCUT2D eigenvalue weighted by atomic mass is 35.5. The molecule has 1 amide bonds. The number of nitrogens with two attached hydrogens (primary N) is 1. The standard InChI is InChI=1S/C21H29N3OS.2ClH/c1-23(15-17-9-10-18-6-2-3-7-19(18)14-17)11-5-4-8-20(22)21(25)24-12-13-26-16-24;;/h2-3,6-7,9-10,14,20H,4-5,8,11-13,15-16,22H2,1H3;2*1H/t20-;;/m0../s1. The highest BCUT2D eigenvalue weighted by Gasteiger charge is 2.23.